The minimum absolute atomic E-state index is 0.0949. The molecule has 0 aliphatic carbocycles. The Morgan fingerprint density at radius 1 is 1.50 bits per heavy atom. The number of hydrogen-bond acceptors (Lipinski definition) is 3. The van der Waals surface area contributed by atoms with E-state index in [9.17, 15) is 14.0 Å². The monoisotopic (exact) mass is 364 g/mol. The molecule has 1 aromatic rings. The van der Waals surface area contributed by atoms with Crippen LogP contribution < -0.4 is 0 Å². The van der Waals surface area contributed by atoms with Gasteiger partial charge in [-0.25, -0.2) is 14.2 Å². The van der Waals surface area contributed by atoms with Gasteiger partial charge in [0.25, 0.3) is 0 Å². The normalized spacial score (nSPS) is 11.3. The van der Waals surface area contributed by atoms with Crippen LogP contribution in [-0.4, -0.2) is 34.8 Å². The Hall–Kier alpha value is -1.47. The summed E-state index contributed by atoms with van der Waals surface area (Å²) in [5.74, 6) is -2.38. The van der Waals surface area contributed by atoms with Crippen LogP contribution in [0.5, 0.6) is 0 Å². The molecule has 0 fully saturated rings. The third kappa shape index (κ3) is 4.01. The van der Waals surface area contributed by atoms with Gasteiger partial charge in [-0.2, -0.15) is 5.10 Å². The van der Waals surface area contributed by atoms with Crippen LogP contribution in [0.15, 0.2) is 21.7 Å². The number of hydrogen-bond donors (Lipinski definition) is 1. The second kappa shape index (κ2) is 6.81. The van der Waals surface area contributed by atoms with Gasteiger partial charge in [0, 0.05) is 17.1 Å². The number of halogens is 3. The van der Waals surface area contributed by atoms with Gasteiger partial charge in [-0.3, -0.25) is 4.79 Å². The zero-order valence-corrected chi connectivity index (χ0v) is 13.0. The lowest BCUT2D eigenvalue weighted by molar-refractivity contribution is -0.130. The number of hydrazone groups is 1. The van der Waals surface area contributed by atoms with Gasteiger partial charge in [-0.1, -0.05) is 11.6 Å². The van der Waals surface area contributed by atoms with Crippen molar-refractivity contribution in [3.8, 4) is 0 Å². The van der Waals surface area contributed by atoms with E-state index in [1.807, 2.05) is 0 Å². The molecular weight excluding hydrogens is 354 g/mol. The number of benzene rings is 1. The second-order valence-electron chi connectivity index (χ2n) is 3.91. The van der Waals surface area contributed by atoms with Crippen LogP contribution in [0.25, 0.3) is 0 Å². The van der Waals surface area contributed by atoms with Crippen molar-refractivity contribution in [3.63, 3.8) is 0 Å². The van der Waals surface area contributed by atoms with Crippen LogP contribution in [0, 0.1) is 5.82 Å². The number of aliphatic carboxylic acids is 1. The predicted octanol–water partition coefficient (Wildman–Crippen LogP) is 2.70. The topological polar surface area (TPSA) is 70.0 Å². The molecule has 1 N–H and O–H groups in total. The molecule has 0 spiro atoms. The van der Waals surface area contributed by atoms with Crippen molar-refractivity contribution in [1.29, 1.82) is 0 Å². The summed E-state index contributed by atoms with van der Waals surface area (Å²) in [6.07, 6.45) is -0.292. The average molecular weight is 366 g/mol. The van der Waals surface area contributed by atoms with Crippen LogP contribution in [0.2, 0.25) is 5.02 Å². The summed E-state index contributed by atoms with van der Waals surface area (Å²) in [6, 6.07) is 2.52. The number of rotatable bonds is 4. The average Bonchev–Trinajstić information content (AvgIpc) is 2.38. The van der Waals surface area contributed by atoms with Crippen LogP contribution in [0.4, 0.5) is 4.39 Å². The van der Waals surface area contributed by atoms with Gasteiger partial charge >= 0.3 is 5.97 Å². The molecule has 1 rings (SSSR count). The Balaban J connectivity index is 2.95. The molecule has 0 aliphatic rings. The Labute approximate surface area is 128 Å². The lowest BCUT2D eigenvalue weighted by atomic mass is 10.1. The first-order chi connectivity index (χ1) is 9.23. The highest BCUT2D eigenvalue weighted by molar-refractivity contribution is 9.10. The van der Waals surface area contributed by atoms with Crippen molar-refractivity contribution < 1.29 is 19.1 Å². The number of likely N-dealkylation sites (N-methyl/N-ethyl adjacent to an activating group) is 1. The first-order valence-electron chi connectivity index (χ1n) is 5.41. The summed E-state index contributed by atoms with van der Waals surface area (Å²) in [4.78, 5) is 22.5. The van der Waals surface area contributed by atoms with Crippen molar-refractivity contribution >= 4 is 45.1 Å². The first kappa shape index (κ1) is 16.6. The molecule has 0 bridgehead atoms. The van der Waals surface area contributed by atoms with Gasteiger partial charge in [0.2, 0.25) is 5.91 Å². The number of carbonyl (C=O) groups excluding carboxylic acids is 1. The maximum absolute atomic E-state index is 13.7. The molecule has 0 aromatic heterocycles. The minimum atomic E-state index is -1.24. The van der Waals surface area contributed by atoms with Gasteiger partial charge in [0.1, 0.15) is 11.5 Å². The number of carboxylic acids is 1. The molecule has 8 heteroatoms. The second-order valence-corrected chi connectivity index (χ2v) is 5.11. The standard InChI is InChI=1S/C12H11BrClFN2O3/c1-6(12(19)20)16-17(2)10(18)5-7-9(15)4-3-8(14)11(7)13/h3-4H,5H2,1-2H3,(H,19,20)/b16-6-. The maximum atomic E-state index is 13.7. The third-order valence-corrected chi connectivity index (χ3v) is 3.89. The lowest BCUT2D eigenvalue weighted by Gasteiger charge is -2.13. The van der Waals surface area contributed by atoms with Crippen LogP contribution in [0.3, 0.4) is 0 Å². The maximum Gasteiger partial charge on any atom is 0.351 e. The summed E-state index contributed by atoms with van der Waals surface area (Å²) in [6.45, 7) is 1.25. The highest BCUT2D eigenvalue weighted by Gasteiger charge is 2.17. The zero-order valence-electron chi connectivity index (χ0n) is 10.7. The lowest BCUT2D eigenvalue weighted by Crippen LogP contribution is -2.26. The molecule has 1 aromatic carbocycles. The number of carbonyl (C=O) groups is 2. The number of nitrogens with zero attached hydrogens (tertiary/aromatic N) is 2. The summed E-state index contributed by atoms with van der Waals surface area (Å²) in [7, 11) is 1.30. The van der Waals surface area contributed by atoms with E-state index in [0.717, 1.165) is 11.1 Å². The highest BCUT2D eigenvalue weighted by atomic mass is 79.9. The molecule has 0 atom stereocenters. The van der Waals surface area contributed by atoms with Crippen molar-refractivity contribution in [3.05, 3.63) is 33.0 Å². The third-order valence-electron chi connectivity index (χ3n) is 2.44. The summed E-state index contributed by atoms with van der Waals surface area (Å²) in [5.41, 5.74) is -0.149. The largest absolute Gasteiger partial charge is 0.477 e. The van der Waals surface area contributed by atoms with E-state index < -0.39 is 17.7 Å². The molecule has 1 amide bonds. The van der Waals surface area contributed by atoms with E-state index >= 15 is 0 Å². The molecule has 0 saturated carbocycles. The van der Waals surface area contributed by atoms with Crippen LogP contribution in [-0.2, 0) is 16.0 Å². The summed E-state index contributed by atoms with van der Waals surface area (Å²) >= 11 is 8.94. The number of carboxylic acid groups (broad SMARTS) is 1. The molecule has 5 nitrogen and oxygen atoms in total. The van der Waals surface area contributed by atoms with E-state index in [4.69, 9.17) is 16.7 Å². The van der Waals surface area contributed by atoms with Gasteiger partial charge < -0.3 is 5.11 Å². The van der Waals surface area contributed by atoms with Crippen molar-refractivity contribution in [2.24, 2.45) is 5.10 Å². The van der Waals surface area contributed by atoms with Crippen molar-refractivity contribution in [2.45, 2.75) is 13.3 Å². The Bertz CT molecular complexity index is 592. The van der Waals surface area contributed by atoms with E-state index in [1.54, 1.807) is 0 Å². The van der Waals surface area contributed by atoms with E-state index in [2.05, 4.69) is 21.0 Å². The quantitative estimate of drug-likeness (QED) is 0.507. The summed E-state index contributed by atoms with van der Waals surface area (Å²) < 4.78 is 13.9. The van der Waals surface area contributed by atoms with E-state index in [0.29, 0.717) is 4.47 Å². The van der Waals surface area contributed by atoms with E-state index in [1.165, 1.54) is 20.0 Å². The van der Waals surface area contributed by atoms with Crippen molar-refractivity contribution in [2.75, 3.05) is 7.05 Å². The predicted molar refractivity (Wildman–Crippen MR) is 76.3 cm³/mol. The number of amides is 1. The van der Waals surface area contributed by atoms with Gasteiger partial charge in [0.15, 0.2) is 0 Å². The fourth-order valence-corrected chi connectivity index (χ4v) is 1.96. The first-order valence-corrected chi connectivity index (χ1v) is 6.58. The Morgan fingerprint density at radius 2 is 2.10 bits per heavy atom. The van der Waals surface area contributed by atoms with Crippen LogP contribution >= 0.6 is 27.5 Å². The minimum Gasteiger partial charge on any atom is -0.477 e. The van der Waals surface area contributed by atoms with E-state index in [-0.39, 0.29) is 22.7 Å². The molecule has 0 radical (unpaired) electrons. The smallest absolute Gasteiger partial charge is 0.351 e. The van der Waals surface area contributed by atoms with Crippen molar-refractivity contribution in [1.82, 2.24) is 5.01 Å². The highest BCUT2D eigenvalue weighted by Crippen LogP contribution is 2.29. The molecule has 108 valence electrons. The molecule has 0 saturated heterocycles. The molecule has 20 heavy (non-hydrogen) atoms. The molecular formula is C12H11BrClFN2O3. The molecule has 0 heterocycles. The molecule has 0 unspecified atom stereocenters. The van der Waals surface area contributed by atoms with Gasteiger partial charge in [-0.05, 0) is 35.0 Å². The van der Waals surface area contributed by atoms with Gasteiger partial charge in [-0.15, -0.1) is 0 Å². The fourth-order valence-electron chi connectivity index (χ4n) is 1.32. The SMILES string of the molecule is C/C(=N/N(C)C(=O)Cc1c(F)ccc(Cl)c1Br)C(=O)O. The zero-order chi connectivity index (χ0) is 15.4. The van der Waals surface area contributed by atoms with Gasteiger partial charge in [0.05, 0.1) is 11.4 Å². The Kier molecular flexibility index (Phi) is 5.64. The van der Waals surface area contributed by atoms with Crippen LogP contribution in [0.1, 0.15) is 12.5 Å². The fraction of sp³-hybridized carbons (Fsp3) is 0.250. The summed E-state index contributed by atoms with van der Waals surface area (Å²) in [5, 5.41) is 13.4. The molecule has 0 aliphatic heterocycles. The Morgan fingerprint density at radius 3 is 2.65 bits per heavy atom.